The van der Waals surface area contributed by atoms with Gasteiger partial charge in [-0.3, -0.25) is 15.1 Å². The summed E-state index contributed by atoms with van der Waals surface area (Å²) in [5.41, 5.74) is 8.38. The van der Waals surface area contributed by atoms with Gasteiger partial charge < -0.3 is 10.3 Å². The molecule has 7 nitrogen and oxygen atoms in total. The third-order valence-electron chi connectivity index (χ3n) is 6.05. The fraction of sp³-hybridized carbons (Fsp3) is 0.111. The second-order valence-electron chi connectivity index (χ2n) is 8.48. The van der Waals surface area contributed by atoms with E-state index in [0.717, 1.165) is 62.2 Å². The van der Waals surface area contributed by atoms with E-state index in [9.17, 15) is 0 Å². The number of hydrogen-bond donors (Lipinski definition) is 3. The molecule has 0 aromatic carbocycles. The summed E-state index contributed by atoms with van der Waals surface area (Å²) >= 11 is 1.77. The Morgan fingerprint density at radius 3 is 2.69 bits per heavy atom. The Balaban J connectivity index is 1.43. The quantitative estimate of drug-likeness (QED) is 0.242. The molecule has 0 fully saturated rings. The number of allylic oxidation sites excluding steroid dienone is 1. The second-order valence-corrected chi connectivity index (χ2v) is 9.77. The van der Waals surface area contributed by atoms with Crippen molar-refractivity contribution in [2.45, 2.75) is 20.3 Å². The first-order valence-electron chi connectivity index (χ1n) is 11.4. The zero-order valence-corrected chi connectivity index (χ0v) is 20.2. The third kappa shape index (κ3) is 3.87. The van der Waals surface area contributed by atoms with E-state index in [0.29, 0.717) is 5.65 Å². The van der Waals surface area contributed by atoms with Gasteiger partial charge in [0.25, 0.3) is 0 Å². The smallest absolute Gasteiger partial charge is 0.181 e. The molecule has 3 N–H and O–H groups in total. The maximum atomic E-state index is 4.60. The number of rotatable bonds is 6. The van der Waals surface area contributed by atoms with Gasteiger partial charge in [0.15, 0.2) is 5.65 Å². The average molecular weight is 478 g/mol. The lowest BCUT2D eigenvalue weighted by Gasteiger charge is -2.09. The van der Waals surface area contributed by atoms with Crippen LogP contribution in [0.25, 0.3) is 54.9 Å². The van der Waals surface area contributed by atoms with Gasteiger partial charge in [-0.25, -0.2) is 4.98 Å². The predicted molar refractivity (Wildman–Crippen MR) is 143 cm³/mol. The maximum Gasteiger partial charge on any atom is 0.181 e. The number of aromatic amines is 2. The van der Waals surface area contributed by atoms with Crippen molar-refractivity contribution in [3.63, 3.8) is 0 Å². The van der Waals surface area contributed by atoms with Crippen LogP contribution >= 0.6 is 11.3 Å². The van der Waals surface area contributed by atoms with Crippen LogP contribution in [0, 0.1) is 6.92 Å². The van der Waals surface area contributed by atoms with Crippen molar-refractivity contribution in [1.29, 1.82) is 0 Å². The molecule has 0 aliphatic carbocycles. The fourth-order valence-corrected chi connectivity index (χ4v) is 5.07. The third-order valence-corrected chi connectivity index (χ3v) is 7.08. The van der Waals surface area contributed by atoms with Crippen molar-refractivity contribution in [2.24, 2.45) is 0 Å². The zero-order chi connectivity index (χ0) is 23.9. The summed E-state index contributed by atoms with van der Waals surface area (Å²) in [7, 11) is 0. The topological polar surface area (TPSA) is 95.2 Å². The van der Waals surface area contributed by atoms with Gasteiger partial charge in [-0.2, -0.15) is 5.10 Å². The number of anilines is 1. The Labute approximate surface area is 206 Å². The molecule has 172 valence electrons. The van der Waals surface area contributed by atoms with E-state index < -0.39 is 0 Å². The number of fused-ring (bicyclic) bond motifs is 2. The van der Waals surface area contributed by atoms with E-state index in [1.807, 2.05) is 24.8 Å². The first kappa shape index (κ1) is 21.2. The van der Waals surface area contributed by atoms with E-state index in [2.05, 4.69) is 86.2 Å². The van der Waals surface area contributed by atoms with Crippen LogP contribution in [0.3, 0.4) is 0 Å². The molecular formula is C27H23N7S. The highest BCUT2D eigenvalue weighted by molar-refractivity contribution is 7.15. The van der Waals surface area contributed by atoms with Crippen LogP contribution < -0.4 is 5.32 Å². The van der Waals surface area contributed by atoms with Gasteiger partial charge in [-0.15, -0.1) is 11.3 Å². The monoisotopic (exact) mass is 477 g/mol. The summed E-state index contributed by atoms with van der Waals surface area (Å²) in [6, 6.07) is 10.6. The Hall–Kier alpha value is -4.30. The lowest BCUT2D eigenvalue weighted by atomic mass is 10.1. The first-order chi connectivity index (χ1) is 17.1. The fourth-order valence-electron chi connectivity index (χ4n) is 4.18. The van der Waals surface area contributed by atoms with Crippen LogP contribution in [0.15, 0.2) is 73.6 Å². The van der Waals surface area contributed by atoms with Gasteiger partial charge in [0.05, 0.1) is 35.0 Å². The molecule has 0 saturated carbocycles. The lowest BCUT2D eigenvalue weighted by molar-refractivity contribution is 1.10. The van der Waals surface area contributed by atoms with Crippen LogP contribution in [0.4, 0.5) is 5.69 Å². The summed E-state index contributed by atoms with van der Waals surface area (Å²) in [5.74, 6) is 0. The molecule has 6 aromatic rings. The van der Waals surface area contributed by atoms with Crippen molar-refractivity contribution in [3.8, 4) is 33.0 Å². The summed E-state index contributed by atoms with van der Waals surface area (Å²) < 4.78 is 0. The van der Waals surface area contributed by atoms with Crippen molar-refractivity contribution in [3.05, 3.63) is 78.5 Å². The van der Waals surface area contributed by atoms with Gasteiger partial charge in [-0.05, 0) is 43.7 Å². The molecule has 8 heteroatoms. The van der Waals surface area contributed by atoms with Crippen molar-refractivity contribution in [1.82, 2.24) is 30.1 Å². The van der Waals surface area contributed by atoms with Crippen LogP contribution in [-0.2, 0) is 0 Å². The number of nitrogens with zero attached hydrogens (tertiary/aromatic N) is 4. The Morgan fingerprint density at radius 2 is 1.86 bits per heavy atom. The van der Waals surface area contributed by atoms with Crippen molar-refractivity contribution in [2.75, 3.05) is 5.32 Å². The lowest BCUT2D eigenvalue weighted by Crippen LogP contribution is -1.97. The van der Waals surface area contributed by atoms with E-state index in [-0.39, 0.29) is 0 Å². The minimum absolute atomic E-state index is 0.663. The van der Waals surface area contributed by atoms with E-state index in [1.165, 1.54) is 9.75 Å². The first-order valence-corrected chi connectivity index (χ1v) is 12.2. The minimum Gasteiger partial charge on any atom is -0.358 e. The molecule has 35 heavy (non-hydrogen) atoms. The summed E-state index contributed by atoms with van der Waals surface area (Å²) in [5, 5.41) is 13.0. The van der Waals surface area contributed by atoms with Crippen LogP contribution in [-0.4, -0.2) is 30.1 Å². The molecule has 0 aliphatic rings. The minimum atomic E-state index is 0.663. The molecule has 0 amide bonds. The maximum absolute atomic E-state index is 4.60. The zero-order valence-electron chi connectivity index (χ0n) is 19.4. The Morgan fingerprint density at radius 1 is 1.00 bits per heavy atom. The number of hydrogen-bond acceptors (Lipinski definition) is 6. The molecule has 6 aromatic heterocycles. The van der Waals surface area contributed by atoms with Gasteiger partial charge in [-0.1, -0.05) is 13.5 Å². The van der Waals surface area contributed by atoms with Crippen molar-refractivity contribution >= 4 is 39.0 Å². The summed E-state index contributed by atoms with van der Waals surface area (Å²) in [6.45, 7) is 8.21. The SMILES string of the molecule is C=C(CC)Nc1cncc(-c2cnc3n[nH]c(-c4cc5c(-c6ccc(C)s6)cncc5[nH]4)c3c2)c1. The number of H-pyrrole nitrogens is 2. The highest BCUT2D eigenvalue weighted by Crippen LogP contribution is 2.36. The van der Waals surface area contributed by atoms with Crippen LogP contribution in [0.2, 0.25) is 0 Å². The van der Waals surface area contributed by atoms with E-state index in [4.69, 9.17) is 0 Å². The van der Waals surface area contributed by atoms with Crippen molar-refractivity contribution < 1.29 is 0 Å². The largest absolute Gasteiger partial charge is 0.358 e. The van der Waals surface area contributed by atoms with Crippen LogP contribution in [0.1, 0.15) is 18.2 Å². The highest BCUT2D eigenvalue weighted by Gasteiger charge is 2.15. The van der Waals surface area contributed by atoms with E-state index in [1.54, 1.807) is 17.5 Å². The molecule has 0 unspecified atom stereocenters. The van der Waals surface area contributed by atoms with Gasteiger partial charge >= 0.3 is 0 Å². The molecule has 0 saturated heterocycles. The van der Waals surface area contributed by atoms with E-state index >= 15 is 0 Å². The van der Waals surface area contributed by atoms with Gasteiger partial charge in [0.1, 0.15) is 0 Å². The number of aromatic nitrogens is 6. The molecule has 6 rings (SSSR count). The highest BCUT2D eigenvalue weighted by atomic mass is 32.1. The molecule has 6 heterocycles. The molecule has 0 atom stereocenters. The number of pyridine rings is 3. The number of nitrogens with one attached hydrogen (secondary N) is 3. The molecule has 0 aliphatic heterocycles. The molecule has 0 bridgehead atoms. The average Bonchev–Trinajstić information content (AvgIpc) is 3.61. The standard InChI is InChI=1S/C27H23N7S/c1-4-15(2)31-19-7-17(10-28-12-19)18-8-21-26(33-34-27(21)30-11-18)23-9-20-22(13-29-14-24(20)32-23)25-6-5-16(3)35-25/h5-14,31-32H,2,4H2,1,3H3,(H,30,33,34). The second kappa shape index (κ2) is 8.48. The molecule has 0 radical (unpaired) electrons. The summed E-state index contributed by atoms with van der Waals surface area (Å²) in [6.07, 6.45) is 10.1. The number of thiophene rings is 1. The summed E-state index contributed by atoms with van der Waals surface area (Å²) in [4.78, 5) is 19.5. The molecular weight excluding hydrogens is 454 g/mol. The Kier molecular flexibility index (Phi) is 5.15. The Bertz CT molecular complexity index is 1710. The normalized spacial score (nSPS) is 11.4. The number of aryl methyl sites for hydroxylation is 1. The predicted octanol–water partition coefficient (Wildman–Crippen LogP) is 6.94. The van der Waals surface area contributed by atoms with Gasteiger partial charge in [0, 0.05) is 61.5 Å². The molecule has 0 spiro atoms. The van der Waals surface area contributed by atoms with Gasteiger partial charge in [0.2, 0.25) is 0 Å². The van der Waals surface area contributed by atoms with Crippen LogP contribution in [0.5, 0.6) is 0 Å².